The summed E-state index contributed by atoms with van der Waals surface area (Å²) >= 11 is 13.4. The Labute approximate surface area is 236 Å². The normalized spacial score (nSPS) is 19.4. The fourth-order valence-electron chi connectivity index (χ4n) is 4.62. The minimum Gasteiger partial charge on any atom is -0.495 e. The van der Waals surface area contributed by atoms with Crippen molar-refractivity contribution in [1.29, 1.82) is 0 Å². The van der Waals surface area contributed by atoms with Crippen LogP contribution < -0.4 is 25.4 Å². The van der Waals surface area contributed by atoms with Gasteiger partial charge in [-0.3, -0.25) is 4.79 Å². The molecule has 1 amide bonds. The lowest BCUT2D eigenvalue weighted by Gasteiger charge is -2.21. The molecule has 3 heterocycles. The Morgan fingerprint density at radius 3 is 2.46 bits per heavy atom. The van der Waals surface area contributed by atoms with Gasteiger partial charge in [0.2, 0.25) is 11.9 Å². The van der Waals surface area contributed by atoms with E-state index in [0.29, 0.717) is 69.2 Å². The first kappa shape index (κ1) is 27.2. The molecule has 0 unspecified atom stereocenters. The van der Waals surface area contributed by atoms with Gasteiger partial charge in [0.1, 0.15) is 17.0 Å². The van der Waals surface area contributed by atoms with Crippen LogP contribution in [0.15, 0.2) is 31.0 Å². The minimum atomic E-state index is -0.263. The highest BCUT2D eigenvalue weighted by Gasteiger charge is 2.31. The monoisotopic (exact) mass is 572 g/mol. The molecule has 2 fully saturated rings. The van der Waals surface area contributed by atoms with Gasteiger partial charge in [-0.2, -0.15) is 0 Å². The summed E-state index contributed by atoms with van der Waals surface area (Å²) in [6.45, 7) is 6.43. The van der Waals surface area contributed by atoms with E-state index in [2.05, 4.69) is 34.4 Å². The SMILES string of the molecule is C=CC(=O)N[C@H]1COC[C@H]1Nc1ncc2cc(-c3c(Cl)c(OC)cc(OC)c3Cl)nc(N[C@H](C)C3CC3)c2n1. The molecule has 1 saturated carbocycles. The first-order valence-corrected chi connectivity index (χ1v) is 13.4. The average Bonchev–Trinajstić information content (AvgIpc) is 3.70. The number of rotatable bonds is 10. The number of hydrogen-bond acceptors (Lipinski definition) is 9. The summed E-state index contributed by atoms with van der Waals surface area (Å²) in [6.07, 6.45) is 5.28. The molecule has 2 aromatic heterocycles. The lowest BCUT2D eigenvalue weighted by atomic mass is 10.1. The van der Waals surface area contributed by atoms with Gasteiger partial charge in [-0.1, -0.05) is 29.8 Å². The number of fused-ring (bicyclic) bond motifs is 1. The van der Waals surface area contributed by atoms with E-state index in [1.165, 1.54) is 20.3 Å². The molecule has 12 heteroatoms. The Balaban J connectivity index is 1.56. The van der Waals surface area contributed by atoms with Crippen LogP contribution in [0.1, 0.15) is 19.8 Å². The number of halogens is 2. The first-order valence-electron chi connectivity index (χ1n) is 12.6. The van der Waals surface area contributed by atoms with Crippen LogP contribution in [0.25, 0.3) is 22.2 Å². The van der Waals surface area contributed by atoms with Gasteiger partial charge in [-0.15, -0.1) is 0 Å². The molecule has 206 valence electrons. The summed E-state index contributed by atoms with van der Waals surface area (Å²) in [5.41, 5.74) is 1.65. The summed E-state index contributed by atoms with van der Waals surface area (Å²) in [5, 5.41) is 11.1. The first-order chi connectivity index (χ1) is 18.8. The Bertz CT molecular complexity index is 1390. The molecule has 3 N–H and O–H groups in total. The molecule has 3 aromatic rings. The van der Waals surface area contributed by atoms with Crippen molar-refractivity contribution in [2.75, 3.05) is 38.1 Å². The van der Waals surface area contributed by atoms with E-state index < -0.39 is 0 Å². The van der Waals surface area contributed by atoms with Crippen LogP contribution in [0.4, 0.5) is 11.8 Å². The van der Waals surface area contributed by atoms with Crippen LogP contribution >= 0.6 is 23.2 Å². The molecule has 1 saturated heterocycles. The van der Waals surface area contributed by atoms with Crippen molar-refractivity contribution in [2.24, 2.45) is 5.92 Å². The van der Waals surface area contributed by atoms with Crippen LogP contribution in [0.3, 0.4) is 0 Å². The molecule has 5 rings (SSSR count). The number of hydrogen-bond donors (Lipinski definition) is 3. The van der Waals surface area contributed by atoms with E-state index in [4.69, 9.17) is 47.4 Å². The lowest BCUT2D eigenvalue weighted by molar-refractivity contribution is -0.117. The maximum atomic E-state index is 11.8. The number of amides is 1. The van der Waals surface area contributed by atoms with Gasteiger partial charge in [-0.05, 0) is 37.8 Å². The van der Waals surface area contributed by atoms with E-state index in [1.807, 2.05) is 6.07 Å². The van der Waals surface area contributed by atoms with E-state index in [1.54, 1.807) is 12.3 Å². The maximum absolute atomic E-state index is 11.8. The Hall–Kier alpha value is -3.34. The number of carbonyl (C=O) groups excluding carboxylic acids is 1. The van der Waals surface area contributed by atoms with Crippen molar-refractivity contribution in [1.82, 2.24) is 20.3 Å². The molecular formula is C27H30Cl2N6O4. The number of carbonyl (C=O) groups is 1. The van der Waals surface area contributed by atoms with Crippen molar-refractivity contribution < 1.29 is 19.0 Å². The second-order valence-corrected chi connectivity index (χ2v) is 10.4. The van der Waals surface area contributed by atoms with Gasteiger partial charge in [0, 0.05) is 29.3 Å². The van der Waals surface area contributed by atoms with Crippen LogP contribution in [-0.4, -0.2) is 66.4 Å². The number of nitrogens with zero attached hydrogens (tertiary/aromatic N) is 3. The number of anilines is 2. The smallest absolute Gasteiger partial charge is 0.243 e. The van der Waals surface area contributed by atoms with E-state index in [0.717, 1.165) is 18.2 Å². The zero-order valence-corrected chi connectivity index (χ0v) is 23.4. The van der Waals surface area contributed by atoms with Gasteiger partial charge >= 0.3 is 0 Å². The predicted molar refractivity (Wildman–Crippen MR) is 152 cm³/mol. The predicted octanol–water partition coefficient (Wildman–Crippen LogP) is 4.71. The second kappa shape index (κ2) is 11.4. The molecule has 0 radical (unpaired) electrons. The molecule has 2 aliphatic rings. The molecule has 39 heavy (non-hydrogen) atoms. The largest absolute Gasteiger partial charge is 0.495 e. The summed E-state index contributed by atoms with van der Waals surface area (Å²) in [7, 11) is 3.06. The van der Waals surface area contributed by atoms with Gasteiger partial charge in [0.25, 0.3) is 0 Å². The quantitative estimate of drug-likeness (QED) is 0.297. The fourth-order valence-corrected chi connectivity index (χ4v) is 5.32. The van der Waals surface area contributed by atoms with Crippen molar-refractivity contribution in [3.63, 3.8) is 0 Å². The summed E-state index contributed by atoms with van der Waals surface area (Å²) < 4.78 is 16.5. The molecular weight excluding hydrogens is 543 g/mol. The van der Waals surface area contributed by atoms with E-state index in [9.17, 15) is 4.79 Å². The number of benzene rings is 1. The highest BCUT2D eigenvalue weighted by molar-refractivity contribution is 6.41. The van der Waals surface area contributed by atoms with Crippen LogP contribution in [-0.2, 0) is 9.53 Å². The van der Waals surface area contributed by atoms with Gasteiger partial charge < -0.3 is 30.2 Å². The molecule has 1 aromatic carbocycles. The third-order valence-corrected chi connectivity index (χ3v) is 7.75. The van der Waals surface area contributed by atoms with Crippen molar-refractivity contribution in [3.8, 4) is 22.8 Å². The molecule has 3 atom stereocenters. The number of nitrogens with one attached hydrogen (secondary N) is 3. The third kappa shape index (κ3) is 5.68. The molecule has 0 bridgehead atoms. The number of methoxy groups -OCH3 is 2. The Morgan fingerprint density at radius 1 is 1.13 bits per heavy atom. The lowest BCUT2D eigenvalue weighted by Crippen LogP contribution is -2.45. The Kier molecular flexibility index (Phi) is 7.97. The van der Waals surface area contributed by atoms with Crippen LogP contribution in [0, 0.1) is 5.92 Å². The summed E-state index contributed by atoms with van der Waals surface area (Å²) in [5.74, 6) is 2.12. The van der Waals surface area contributed by atoms with Gasteiger partial charge in [0.05, 0.1) is 55.3 Å². The fraction of sp³-hybridized carbons (Fsp3) is 0.407. The molecule has 1 aliphatic carbocycles. The van der Waals surface area contributed by atoms with Crippen molar-refractivity contribution in [3.05, 3.63) is 41.0 Å². The molecule has 10 nitrogen and oxygen atoms in total. The number of pyridine rings is 1. The van der Waals surface area contributed by atoms with E-state index >= 15 is 0 Å². The standard InChI is InChI=1S/C27H30Cl2N6O4/c1-5-21(36)32-17-11-39-12-18(17)34-27-30-10-15-8-16(22-23(28)19(37-3)9-20(38-4)24(22)29)33-26(25(15)35-27)31-13(2)14-6-7-14/h5,8-10,13-14,17-18H,1,6-7,11-12H2,2-4H3,(H,31,33)(H,32,36)(H,30,34,35)/t13-,17+,18-/m1/s1. The zero-order chi connectivity index (χ0) is 27.7. The Morgan fingerprint density at radius 2 is 1.82 bits per heavy atom. The maximum Gasteiger partial charge on any atom is 0.243 e. The third-order valence-electron chi connectivity index (χ3n) is 7.00. The minimum absolute atomic E-state index is 0.190. The molecule has 0 spiro atoms. The number of ether oxygens (including phenoxy) is 3. The van der Waals surface area contributed by atoms with E-state index in [-0.39, 0.29) is 24.0 Å². The van der Waals surface area contributed by atoms with Gasteiger partial charge in [-0.25, -0.2) is 15.0 Å². The van der Waals surface area contributed by atoms with Crippen molar-refractivity contribution in [2.45, 2.75) is 37.9 Å². The summed E-state index contributed by atoms with van der Waals surface area (Å²) in [6, 6.07) is 3.22. The van der Waals surface area contributed by atoms with Crippen LogP contribution in [0.2, 0.25) is 10.0 Å². The highest BCUT2D eigenvalue weighted by atomic mass is 35.5. The molecule has 1 aliphatic heterocycles. The van der Waals surface area contributed by atoms with Crippen molar-refractivity contribution >= 4 is 51.8 Å². The topological polar surface area (TPSA) is 120 Å². The average molecular weight is 573 g/mol. The zero-order valence-electron chi connectivity index (χ0n) is 21.9. The highest BCUT2D eigenvalue weighted by Crippen LogP contribution is 2.46. The summed E-state index contributed by atoms with van der Waals surface area (Å²) in [4.78, 5) is 26.1. The van der Waals surface area contributed by atoms with Crippen LogP contribution in [0.5, 0.6) is 11.5 Å². The second-order valence-electron chi connectivity index (χ2n) is 9.65. The van der Waals surface area contributed by atoms with Gasteiger partial charge in [0.15, 0.2) is 5.82 Å². The number of aromatic nitrogens is 3.